The highest BCUT2D eigenvalue weighted by atomic mass is 35.5. The van der Waals surface area contributed by atoms with E-state index >= 15 is 0 Å². The number of rotatable bonds is 6. The second kappa shape index (κ2) is 8.83. The van der Waals surface area contributed by atoms with Gasteiger partial charge in [-0.05, 0) is 25.1 Å². The molecule has 0 saturated heterocycles. The molecule has 0 unspecified atom stereocenters. The third kappa shape index (κ3) is 4.62. The van der Waals surface area contributed by atoms with Gasteiger partial charge in [-0.1, -0.05) is 64.4 Å². The molecule has 0 aliphatic carbocycles. The van der Waals surface area contributed by atoms with Crippen molar-refractivity contribution in [2.45, 2.75) is 6.92 Å². The summed E-state index contributed by atoms with van der Waals surface area (Å²) in [6, 6.07) is 12.8. The van der Waals surface area contributed by atoms with Crippen molar-refractivity contribution in [2.75, 3.05) is 11.9 Å². The van der Waals surface area contributed by atoms with Crippen LogP contribution in [0.2, 0.25) is 10.0 Å². The molecule has 10 heteroatoms. The lowest BCUT2D eigenvalue weighted by Gasteiger charge is -2.07. The third-order valence-corrected chi connectivity index (χ3v) is 5.55. The molecule has 2 aromatic carbocycles. The topological polar surface area (TPSA) is 81.9 Å². The van der Waals surface area contributed by atoms with E-state index in [0.29, 0.717) is 26.6 Å². The molecule has 1 N–H and O–H groups in total. The molecule has 30 heavy (non-hydrogen) atoms. The molecular weight excluding hydrogens is 445 g/mol. The third-order valence-electron chi connectivity index (χ3n) is 4.06. The number of ether oxygens (including phenoxy) is 1. The van der Waals surface area contributed by atoms with Crippen LogP contribution >= 0.6 is 34.5 Å². The Morgan fingerprint density at radius 2 is 2.00 bits per heavy atom. The van der Waals surface area contributed by atoms with Crippen LogP contribution in [0.15, 0.2) is 55.1 Å². The van der Waals surface area contributed by atoms with Gasteiger partial charge in [0.2, 0.25) is 0 Å². The zero-order valence-electron chi connectivity index (χ0n) is 15.7. The van der Waals surface area contributed by atoms with Crippen LogP contribution in [0.25, 0.3) is 16.3 Å². The van der Waals surface area contributed by atoms with E-state index in [1.165, 1.54) is 17.7 Å². The Labute approximate surface area is 186 Å². The van der Waals surface area contributed by atoms with Crippen molar-refractivity contribution in [1.82, 2.24) is 19.7 Å². The van der Waals surface area contributed by atoms with Crippen LogP contribution in [-0.2, 0) is 4.79 Å². The van der Waals surface area contributed by atoms with Crippen molar-refractivity contribution in [3.8, 4) is 22.0 Å². The van der Waals surface area contributed by atoms with Crippen molar-refractivity contribution in [3.63, 3.8) is 0 Å². The van der Waals surface area contributed by atoms with E-state index < -0.39 is 0 Å². The van der Waals surface area contributed by atoms with Crippen molar-refractivity contribution >= 4 is 45.6 Å². The molecular formula is C20H15Cl2N5O2S. The molecule has 0 aliphatic heterocycles. The average Bonchev–Trinajstić information content (AvgIpc) is 3.38. The first-order chi connectivity index (χ1) is 14.5. The Morgan fingerprint density at radius 3 is 2.70 bits per heavy atom. The number of thiazole rings is 1. The summed E-state index contributed by atoms with van der Waals surface area (Å²) in [4.78, 5) is 21.0. The van der Waals surface area contributed by atoms with Crippen molar-refractivity contribution in [2.24, 2.45) is 0 Å². The Kier molecular flexibility index (Phi) is 5.98. The minimum Gasteiger partial charge on any atom is -0.482 e. The molecule has 7 nitrogen and oxygen atoms in total. The van der Waals surface area contributed by atoms with Crippen LogP contribution in [0.4, 0.5) is 5.13 Å². The molecule has 0 fully saturated rings. The molecule has 0 radical (unpaired) electrons. The number of amides is 1. The number of halogens is 2. The Hall–Kier alpha value is -2.94. The molecule has 0 atom stereocenters. The van der Waals surface area contributed by atoms with Crippen LogP contribution in [0.5, 0.6) is 5.75 Å². The SMILES string of the molecule is Cc1ccc(-c2nc(NC(=O)COc3ccc(Cl)cc3Cl)sc2-n2cncn2)cc1. The van der Waals surface area contributed by atoms with Gasteiger partial charge in [0.25, 0.3) is 5.91 Å². The zero-order valence-corrected chi connectivity index (χ0v) is 18.0. The molecule has 2 heterocycles. The van der Waals surface area contributed by atoms with E-state index in [1.54, 1.807) is 29.2 Å². The molecule has 2 aromatic heterocycles. The number of nitrogens with one attached hydrogen (secondary N) is 1. The summed E-state index contributed by atoms with van der Waals surface area (Å²) in [5.74, 6) is 0.00867. The van der Waals surface area contributed by atoms with Crippen LogP contribution < -0.4 is 10.1 Å². The number of carbonyl (C=O) groups is 1. The van der Waals surface area contributed by atoms with E-state index in [2.05, 4.69) is 20.4 Å². The fraction of sp³-hybridized carbons (Fsp3) is 0.100. The first kappa shape index (κ1) is 20.3. The molecule has 0 saturated carbocycles. The molecule has 0 bridgehead atoms. The van der Waals surface area contributed by atoms with Crippen LogP contribution in [0.1, 0.15) is 5.56 Å². The summed E-state index contributed by atoms with van der Waals surface area (Å²) in [7, 11) is 0. The number of carbonyl (C=O) groups excluding carboxylic acids is 1. The van der Waals surface area contributed by atoms with Gasteiger partial charge in [-0.2, -0.15) is 5.10 Å². The molecule has 0 spiro atoms. The largest absolute Gasteiger partial charge is 0.482 e. The summed E-state index contributed by atoms with van der Waals surface area (Å²) < 4.78 is 7.10. The standard InChI is InChI=1S/C20H15Cl2N5O2S/c1-12-2-4-13(5-3-12)18-19(27-11-23-10-24-27)30-20(26-18)25-17(28)9-29-16-7-6-14(21)8-15(16)22/h2-8,10-11H,9H2,1H3,(H,25,26,28). The van der Waals surface area contributed by atoms with Gasteiger partial charge in [0.15, 0.2) is 11.7 Å². The normalized spacial score (nSPS) is 10.8. The second-order valence-corrected chi connectivity index (χ2v) is 8.11. The number of nitrogens with zero attached hydrogens (tertiary/aromatic N) is 4. The number of hydrogen-bond donors (Lipinski definition) is 1. The van der Waals surface area contributed by atoms with Gasteiger partial charge < -0.3 is 4.74 Å². The molecule has 0 aliphatic rings. The number of aromatic nitrogens is 4. The molecule has 152 valence electrons. The van der Waals surface area contributed by atoms with E-state index in [1.807, 2.05) is 31.2 Å². The van der Waals surface area contributed by atoms with Gasteiger partial charge in [-0.25, -0.2) is 14.6 Å². The lowest BCUT2D eigenvalue weighted by Crippen LogP contribution is -2.20. The molecule has 4 rings (SSSR count). The fourth-order valence-electron chi connectivity index (χ4n) is 2.62. The van der Waals surface area contributed by atoms with E-state index in [9.17, 15) is 4.79 Å². The highest BCUT2D eigenvalue weighted by Gasteiger charge is 2.17. The van der Waals surface area contributed by atoms with Crippen LogP contribution in [-0.4, -0.2) is 32.3 Å². The van der Waals surface area contributed by atoms with Crippen molar-refractivity contribution in [3.05, 3.63) is 70.7 Å². The molecule has 1 amide bonds. The number of hydrogen-bond acceptors (Lipinski definition) is 6. The van der Waals surface area contributed by atoms with E-state index in [0.717, 1.165) is 16.1 Å². The highest BCUT2D eigenvalue weighted by Crippen LogP contribution is 2.34. The van der Waals surface area contributed by atoms with E-state index in [-0.39, 0.29) is 12.5 Å². The van der Waals surface area contributed by atoms with E-state index in [4.69, 9.17) is 27.9 Å². The number of anilines is 1. The summed E-state index contributed by atoms with van der Waals surface area (Å²) >= 11 is 13.2. The fourth-order valence-corrected chi connectivity index (χ4v) is 4.02. The minimum absolute atomic E-state index is 0.223. The Balaban J connectivity index is 1.53. The van der Waals surface area contributed by atoms with Crippen molar-refractivity contribution < 1.29 is 9.53 Å². The van der Waals surface area contributed by atoms with Crippen LogP contribution in [0.3, 0.4) is 0 Å². The summed E-state index contributed by atoms with van der Waals surface area (Å²) in [5.41, 5.74) is 2.75. The summed E-state index contributed by atoms with van der Waals surface area (Å²) in [5, 5.41) is 8.94. The quantitative estimate of drug-likeness (QED) is 0.437. The maximum atomic E-state index is 12.4. The predicted molar refractivity (Wildman–Crippen MR) is 118 cm³/mol. The van der Waals surface area contributed by atoms with Crippen molar-refractivity contribution in [1.29, 1.82) is 0 Å². The average molecular weight is 460 g/mol. The van der Waals surface area contributed by atoms with Gasteiger partial charge in [-0.3, -0.25) is 10.1 Å². The lowest BCUT2D eigenvalue weighted by atomic mass is 10.1. The van der Waals surface area contributed by atoms with Gasteiger partial charge in [0, 0.05) is 10.6 Å². The maximum absolute atomic E-state index is 12.4. The molecule has 4 aromatic rings. The van der Waals surface area contributed by atoms with Gasteiger partial charge in [0.1, 0.15) is 29.1 Å². The predicted octanol–water partition coefficient (Wildman–Crippen LogP) is 5.02. The Morgan fingerprint density at radius 1 is 1.20 bits per heavy atom. The first-order valence-electron chi connectivity index (χ1n) is 8.80. The van der Waals surface area contributed by atoms with Gasteiger partial charge in [-0.15, -0.1) is 0 Å². The smallest absolute Gasteiger partial charge is 0.264 e. The maximum Gasteiger partial charge on any atom is 0.264 e. The van der Waals surface area contributed by atoms with Gasteiger partial charge in [0.05, 0.1) is 5.02 Å². The summed E-state index contributed by atoms with van der Waals surface area (Å²) in [6.07, 6.45) is 3.03. The lowest BCUT2D eigenvalue weighted by molar-refractivity contribution is -0.118. The Bertz CT molecular complexity index is 1180. The number of benzene rings is 2. The van der Waals surface area contributed by atoms with Gasteiger partial charge >= 0.3 is 0 Å². The minimum atomic E-state index is -0.365. The second-order valence-electron chi connectivity index (χ2n) is 6.29. The highest BCUT2D eigenvalue weighted by molar-refractivity contribution is 7.18. The zero-order chi connectivity index (χ0) is 21.1. The first-order valence-corrected chi connectivity index (χ1v) is 10.4. The summed E-state index contributed by atoms with van der Waals surface area (Å²) in [6.45, 7) is 1.79. The number of aryl methyl sites for hydroxylation is 1. The van der Waals surface area contributed by atoms with Crippen LogP contribution in [0, 0.1) is 6.92 Å². The monoisotopic (exact) mass is 459 g/mol.